The molecule has 1 atom stereocenters. The van der Waals surface area contributed by atoms with Crippen LogP contribution in [0.15, 0.2) is 72.1 Å². The van der Waals surface area contributed by atoms with Crippen LogP contribution in [0, 0.1) is 0 Å². The predicted molar refractivity (Wildman–Crippen MR) is 107 cm³/mol. The molecule has 0 saturated carbocycles. The van der Waals surface area contributed by atoms with E-state index in [1.165, 1.54) is 10.4 Å². The van der Waals surface area contributed by atoms with Gasteiger partial charge in [-0.1, -0.05) is 54.6 Å². The summed E-state index contributed by atoms with van der Waals surface area (Å²) in [5.41, 5.74) is 2.30. The Morgan fingerprint density at radius 3 is 2.50 bits per heavy atom. The lowest BCUT2D eigenvalue weighted by Crippen LogP contribution is -2.33. The van der Waals surface area contributed by atoms with Crippen LogP contribution in [0.3, 0.4) is 0 Å². The van der Waals surface area contributed by atoms with Crippen molar-refractivity contribution in [1.29, 1.82) is 0 Å². The molecule has 0 fully saturated rings. The van der Waals surface area contributed by atoms with E-state index in [1.807, 2.05) is 67.9 Å². The second-order valence-electron chi connectivity index (χ2n) is 6.25. The lowest BCUT2D eigenvalue weighted by molar-refractivity contribution is -0.133. The molecule has 0 spiro atoms. The summed E-state index contributed by atoms with van der Waals surface area (Å²) in [4.78, 5) is 15.4. The van der Waals surface area contributed by atoms with Crippen molar-refractivity contribution >= 4 is 17.2 Å². The van der Waals surface area contributed by atoms with E-state index >= 15 is 0 Å². The van der Waals surface area contributed by atoms with Crippen molar-refractivity contribution < 1.29 is 9.53 Å². The largest absolute Gasteiger partial charge is 0.483 e. The van der Waals surface area contributed by atoms with Gasteiger partial charge in [0.2, 0.25) is 0 Å². The summed E-state index contributed by atoms with van der Waals surface area (Å²) in [7, 11) is 1.83. The normalized spacial score (nSPS) is 11.8. The number of benzene rings is 2. The SMILES string of the molecule is CC(c1cccs1)N(C)C(=O)COc1ccccc1Cc1ccccc1. The number of nitrogens with zero attached hydrogens (tertiary/aromatic N) is 1. The molecule has 0 aliphatic heterocycles. The number of thiophene rings is 1. The highest BCUT2D eigenvalue weighted by atomic mass is 32.1. The van der Waals surface area contributed by atoms with Gasteiger partial charge < -0.3 is 9.64 Å². The van der Waals surface area contributed by atoms with E-state index in [0.717, 1.165) is 17.7 Å². The highest BCUT2D eigenvalue weighted by molar-refractivity contribution is 7.10. The summed E-state index contributed by atoms with van der Waals surface area (Å²) in [6.07, 6.45) is 0.784. The van der Waals surface area contributed by atoms with E-state index < -0.39 is 0 Å². The molecule has 0 bridgehead atoms. The van der Waals surface area contributed by atoms with Gasteiger partial charge >= 0.3 is 0 Å². The Morgan fingerprint density at radius 1 is 1.04 bits per heavy atom. The van der Waals surface area contributed by atoms with Crippen LogP contribution in [0.2, 0.25) is 0 Å². The van der Waals surface area contributed by atoms with Crippen LogP contribution in [0.5, 0.6) is 5.75 Å². The zero-order chi connectivity index (χ0) is 18.4. The fraction of sp³-hybridized carbons (Fsp3) is 0.227. The van der Waals surface area contributed by atoms with Crippen molar-refractivity contribution in [2.75, 3.05) is 13.7 Å². The molecule has 3 rings (SSSR count). The molecule has 0 radical (unpaired) electrons. The third-order valence-corrected chi connectivity index (χ3v) is 5.53. The highest BCUT2D eigenvalue weighted by Gasteiger charge is 2.19. The van der Waals surface area contributed by atoms with Crippen molar-refractivity contribution in [1.82, 2.24) is 4.90 Å². The first-order valence-electron chi connectivity index (χ1n) is 8.69. The zero-order valence-electron chi connectivity index (χ0n) is 15.1. The molecule has 2 aromatic carbocycles. The number of hydrogen-bond acceptors (Lipinski definition) is 3. The number of ether oxygens (including phenoxy) is 1. The molecule has 0 aliphatic rings. The molecule has 134 valence electrons. The third-order valence-electron chi connectivity index (χ3n) is 4.49. The van der Waals surface area contributed by atoms with E-state index in [1.54, 1.807) is 16.2 Å². The van der Waals surface area contributed by atoms with Crippen LogP contribution in [0.25, 0.3) is 0 Å². The van der Waals surface area contributed by atoms with Gasteiger partial charge in [0.1, 0.15) is 5.75 Å². The molecule has 26 heavy (non-hydrogen) atoms. The molecule has 4 heteroatoms. The molecule has 0 aliphatic carbocycles. The second-order valence-corrected chi connectivity index (χ2v) is 7.23. The molecule has 3 nitrogen and oxygen atoms in total. The van der Waals surface area contributed by atoms with Crippen molar-refractivity contribution in [3.05, 3.63) is 88.1 Å². The Balaban J connectivity index is 1.63. The van der Waals surface area contributed by atoms with E-state index in [9.17, 15) is 4.79 Å². The molecule has 0 N–H and O–H groups in total. The Hall–Kier alpha value is -2.59. The van der Waals surface area contributed by atoms with E-state index in [4.69, 9.17) is 4.74 Å². The first-order chi connectivity index (χ1) is 12.6. The summed E-state index contributed by atoms with van der Waals surface area (Å²) in [5, 5.41) is 2.03. The number of para-hydroxylation sites is 1. The van der Waals surface area contributed by atoms with Gasteiger partial charge in [0.05, 0.1) is 6.04 Å². The van der Waals surface area contributed by atoms with E-state index in [-0.39, 0.29) is 18.6 Å². The molecule has 1 aromatic heterocycles. The van der Waals surface area contributed by atoms with Crippen LogP contribution in [0.4, 0.5) is 0 Å². The van der Waals surface area contributed by atoms with Gasteiger partial charge in [0.25, 0.3) is 5.91 Å². The number of rotatable bonds is 7. The minimum atomic E-state index is -0.0274. The smallest absolute Gasteiger partial charge is 0.260 e. The van der Waals surface area contributed by atoms with Crippen molar-refractivity contribution in [2.24, 2.45) is 0 Å². The topological polar surface area (TPSA) is 29.5 Å². The molecular weight excluding hydrogens is 342 g/mol. The van der Waals surface area contributed by atoms with Gasteiger partial charge in [-0.05, 0) is 35.6 Å². The first-order valence-corrected chi connectivity index (χ1v) is 9.57. The lowest BCUT2D eigenvalue weighted by atomic mass is 10.0. The maximum Gasteiger partial charge on any atom is 0.260 e. The van der Waals surface area contributed by atoms with Crippen molar-refractivity contribution in [2.45, 2.75) is 19.4 Å². The van der Waals surface area contributed by atoms with Crippen molar-refractivity contribution in [3.8, 4) is 5.75 Å². The molecule has 1 amide bonds. The minimum absolute atomic E-state index is 0.0274. The molecule has 3 aromatic rings. The molecule has 0 saturated heterocycles. The van der Waals surface area contributed by atoms with Gasteiger partial charge in [-0.25, -0.2) is 0 Å². The van der Waals surface area contributed by atoms with E-state index in [0.29, 0.717) is 0 Å². The van der Waals surface area contributed by atoms with E-state index in [2.05, 4.69) is 18.2 Å². The van der Waals surface area contributed by atoms with Crippen LogP contribution in [-0.4, -0.2) is 24.5 Å². The Morgan fingerprint density at radius 2 is 1.77 bits per heavy atom. The average Bonchev–Trinajstić information content (AvgIpc) is 3.21. The van der Waals surface area contributed by atoms with Gasteiger partial charge in [0.15, 0.2) is 6.61 Å². The van der Waals surface area contributed by atoms with Crippen LogP contribution in [-0.2, 0) is 11.2 Å². The summed E-state index contributed by atoms with van der Waals surface area (Å²) in [5.74, 6) is 0.738. The highest BCUT2D eigenvalue weighted by Crippen LogP contribution is 2.24. The number of hydrogen-bond donors (Lipinski definition) is 0. The average molecular weight is 365 g/mol. The summed E-state index contributed by atoms with van der Waals surface area (Å²) < 4.78 is 5.87. The fourth-order valence-corrected chi connectivity index (χ4v) is 3.61. The number of likely N-dealkylation sites (N-methyl/N-ethyl adjacent to an activating group) is 1. The summed E-state index contributed by atoms with van der Waals surface area (Å²) in [6, 6.07) is 22.3. The molecule has 1 heterocycles. The van der Waals surface area contributed by atoms with Crippen molar-refractivity contribution in [3.63, 3.8) is 0 Å². The number of amides is 1. The Labute approximate surface area is 158 Å². The van der Waals surface area contributed by atoms with Gasteiger partial charge in [0, 0.05) is 18.3 Å². The third kappa shape index (κ3) is 4.52. The van der Waals surface area contributed by atoms with Crippen LogP contribution < -0.4 is 4.74 Å². The maximum atomic E-state index is 12.5. The standard InChI is InChI=1S/C22H23NO2S/c1-17(21-13-8-14-26-21)23(2)22(24)16-25-20-12-7-6-11-19(20)15-18-9-4-3-5-10-18/h3-14,17H,15-16H2,1-2H3. The quantitative estimate of drug-likeness (QED) is 0.594. The zero-order valence-corrected chi connectivity index (χ0v) is 15.9. The van der Waals surface area contributed by atoms with Crippen LogP contribution >= 0.6 is 11.3 Å². The Bertz CT molecular complexity index is 830. The second kappa shape index (κ2) is 8.68. The fourth-order valence-electron chi connectivity index (χ4n) is 2.78. The monoisotopic (exact) mass is 365 g/mol. The summed E-state index contributed by atoms with van der Waals surface area (Å²) in [6.45, 7) is 2.07. The van der Waals surface area contributed by atoms with Gasteiger partial charge in [-0.15, -0.1) is 11.3 Å². The predicted octanol–water partition coefficient (Wildman–Crippen LogP) is 4.94. The number of carbonyl (C=O) groups is 1. The van der Waals surface area contributed by atoms with Gasteiger partial charge in [-0.3, -0.25) is 4.79 Å². The maximum absolute atomic E-state index is 12.5. The Kier molecular flexibility index (Phi) is 6.08. The summed E-state index contributed by atoms with van der Waals surface area (Å²) >= 11 is 1.66. The van der Waals surface area contributed by atoms with Gasteiger partial charge in [-0.2, -0.15) is 0 Å². The molecular formula is C22H23NO2S. The molecule has 1 unspecified atom stereocenters. The lowest BCUT2D eigenvalue weighted by Gasteiger charge is -2.24. The van der Waals surface area contributed by atoms with Crippen LogP contribution in [0.1, 0.15) is 29.0 Å². The number of carbonyl (C=O) groups excluding carboxylic acids is 1. The minimum Gasteiger partial charge on any atom is -0.483 e. The first kappa shape index (κ1) is 18.2.